The molecular weight excluding hydrogens is 257 g/mol. The zero-order chi connectivity index (χ0) is 14.7. The Morgan fingerprint density at radius 2 is 1.80 bits per heavy atom. The van der Waals surface area contributed by atoms with Gasteiger partial charge in [-0.25, -0.2) is 4.39 Å². The predicted octanol–water partition coefficient (Wildman–Crippen LogP) is 3.23. The van der Waals surface area contributed by atoms with Crippen LogP contribution in [0.25, 0.3) is 0 Å². The lowest BCUT2D eigenvalue weighted by Crippen LogP contribution is -2.08. The fourth-order valence-corrected chi connectivity index (χ4v) is 1.84. The average Bonchev–Trinajstić information content (AvgIpc) is 2.42. The third-order valence-corrected chi connectivity index (χ3v) is 2.98. The summed E-state index contributed by atoms with van der Waals surface area (Å²) in [5, 5.41) is 3.01. The molecule has 0 radical (unpaired) electrons. The van der Waals surface area contributed by atoms with E-state index in [1.54, 1.807) is 6.07 Å². The quantitative estimate of drug-likeness (QED) is 0.841. The first kappa shape index (κ1) is 14.0. The molecule has 0 aliphatic carbocycles. The van der Waals surface area contributed by atoms with Gasteiger partial charge in [0.2, 0.25) is 0 Å². The number of hydrogen-bond acceptors (Lipinski definition) is 4. The van der Waals surface area contributed by atoms with Gasteiger partial charge in [-0.05, 0) is 24.3 Å². The highest BCUT2D eigenvalue weighted by molar-refractivity contribution is 5.68. The molecule has 106 valence electrons. The molecule has 0 amide bonds. The number of hydrogen-bond donors (Lipinski definition) is 2. The number of nitrogens with one attached hydrogen (secondary N) is 1. The van der Waals surface area contributed by atoms with Crippen molar-refractivity contribution >= 4 is 22.7 Å². The number of anilines is 4. The summed E-state index contributed by atoms with van der Waals surface area (Å²) in [7, 11) is 5.43. The van der Waals surface area contributed by atoms with Crippen molar-refractivity contribution in [2.45, 2.75) is 0 Å². The Bertz CT molecular complexity index is 597. The first-order valence-corrected chi connectivity index (χ1v) is 6.18. The fraction of sp³-hybridized carbons (Fsp3) is 0.200. The Morgan fingerprint density at radius 1 is 1.15 bits per heavy atom. The number of ether oxygens (including phenoxy) is 1. The van der Waals surface area contributed by atoms with Crippen LogP contribution in [0.5, 0.6) is 5.75 Å². The summed E-state index contributed by atoms with van der Waals surface area (Å²) in [5.41, 5.74) is 8.12. The number of methoxy groups -OCH3 is 1. The Balaban J connectivity index is 2.25. The van der Waals surface area contributed by atoms with E-state index in [1.165, 1.54) is 13.2 Å². The van der Waals surface area contributed by atoms with E-state index in [0.717, 1.165) is 11.4 Å². The number of rotatable bonds is 4. The van der Waals surface area contributed by atoms with Gasteiger partial charge in [-0.2, -0.15) is 0 Å². The van der Waals surface area contributed by atoms with E-state index in [1.807, 2.05) is 43.3 Å². The molecule has 20 heavy (non-hydrogen) atoms. The van der Waals surface area contributed by atoms with E-state index in [-0.39, 0.29) is 5.69 Å². The van der Waals surface area contributed by atoms with Crippen molar-refractivity contribution in [3.8, 4) is 5.75 Å². The summed E-state index contributed by atoms with van der Waals surface area (Å²) in [6.45, 7) is 0. The zero-order valence-corrected chi connectivity index (χ0v) is 11.8. The van der Waals surface area contributed by atoms with Gasteiger partial charge in [-0.1, -0.05) is 0 Å². The number of nitrogens with zero attached hydrogens (tertiary/aromatic N) is 1. The lowest BCUT2D eigenvalue weighted by atomic mass is 10.2. The van der Waals surface area contributed by atoms with Gasteiger partial charge in [-0.15, -0.1) is 0 Å². The molecule has 0 unspecified atom stereocenters. The number of nitrogens with two attached hydrogens (primary N) is 1. The lowest BCUT2D eigenvalue weighted by molar-refractivity contribution is 0.416. The van der Waals surface area contributed by atoms with E-state index in [2.05, 4.69) is 5.32 Å². The van der Waals surface area contributed by atoms with Gasteiger partial charge in [0.1, 0.15) is 11.6 Å². The lowest BCUT2D eigenvalue weighted by Gasteiger charge is -2.14. The van der Waals surface area contributed by atoms with Gasteiger partial charge in [0.15, 0.2) is 0 Å². The third-order valence-electron chi connectivity index (χ3n) is 2.98. The number of nitrogen functional groups attached to an aromatic ring is 1. The first-order valence-electron chi connectivity index (χ1n) is 6.18. The van der Waals surface area contributed by atoms with Gasteiger partial charge >= 0.3 is 0 Å². The smallest absolute Gasteiger partial charge is 0.148 e. The summed E-state index contributed by atoms with van der Waals surface area (Å²) in [6, 6.07) is 10.5. The molecule has 0 saturated heterocycles. The third kappa shape index (κ3) is 2.93. The average molecular weight is 275 g/mol. The largest absolute Gasteiger partial charge is 0.495 e. The molecule has 0 bridgehead atoms. The molecule has 0 aliphatic heterocycles. The van der Waals surface area contributed by atoms with E-state index in [0.29, 0.717) is 11.4 Å². The molecule has 3 N–H and O–H groups in total. The molecule has 2 aromatic carbocycles. The summed E-state index contributed by atoms with van der Waals surface area (Å²) >= 11 is 0. The highest BCUT2D eigenvalue weighted by Gasteiger charge is 2.08. The van der Waals surface area contributed by atoms with E-state index >= 15 is 0 Å². The van der Waals surface area contributed by atoms with Crippen molar-refractivity contribution in [2.75, 3.05) is 37.2 Å². The minimum Gasteiger partial charge on any atom is -0.495 e. The monoisotopic (exact) mass is 275 g/mol. The molecule has 0 aromatic heterocycles. The molecule has 4 nitrogen and oxygen atoms in total. The van der Waals surface area contributed by atoms with Gasteiger partial charge in [0.05, 0.1) is 18.5 Å². The summed E-state index contributed by atoms with van der Waals surface area (Å²) in [4.78, 5) is 2.00. The second kappa shape index (κ2) is 5.69. The summed E-state index contributed by atoms with van der Waals surface area (Å²) < 4.78 is 18.9. The predicted molar refractivity (Wildman–Crippen MR) is 81.4 cm³/mol. The second-order valence-electron chi connectivity index (χ2n) is 4.64. The Morgan fingerprint density at radius 3 is 2.35 bits per heavy atom. The minimum absolute atomic E-state index is 0.276. The molecule has 2 rings (SSSR count). The van der Waals surface area contributed by atoms with Gasteiger partial charge < -0.3 is 20.7 Å². The van der Waals surface area contributed by atoms with Crippen molar-refractivity contribution in [1.82, 2.24) is 0 Å². The molecule has 0 spiro atoms. The van der Waals surface area contributed by atoms with Crippen LogP contribution in [0.15, 0.2) is 36.4 Å². The highest BCUT2D eigenvalue weighted by atomic mass is 19.1. The Labute approximate surface area is 118 Å². The van der Waals surface area contributed by atoms with Crippen molar-refractivity contribution < 1.29 is 9.13 Å². The van der Waals surface area contributed by atoms with Gasteiger partial charge in [-0.3, -0.25) is 0 Å². The normalized spacial score (nSPS) is 10.2. The second-order valence-corrected chi connectivity index (χ2v) is 4.64. The van der Waals surface area contributed by atoms with Gasteiger partial charge in [0.25, 0.3) is 0 Å². The molecule has 0 fully saturated rings. The summed E-state index contributed by atoms with van der Waals surface area (Å²) in [6.07, 6.45) is 0. The van der Waals surface area contributed by atoms with Crippen molar-refractivity contribution in [3.63, 3.8) is 0 Å². The summed E-state index contributed by atoms with van der Waals surface area (Å²) in [5.74, 6) is 0.0267. The molecule has 0 saturated carbocycles. The van der Waals surface area contributed by atoms with Crippen LogP contribution in [0, 0.1) is 5.82 Å². The molecular formula is C15H18FN3O. The highest BCUT2D eigenvalue weighted by Crippen LogP contribution is 2.30. The van der Waals surface area contributed by atoms with Crippen LogP contribution in [-0.4, -0.2) is 21.2 Å². The van der Waals surface area contributed by atoms with Crippen LogP contribution in [0.1, 0.15) is 0 Å². The first-order chi connectivity index (χ1) is 9.51. The Hall–Kier alpha value is -2.43. The Kier molecular flexibility index (Phi) is 3.98. The molecule has 0 heterocycles. The van der Waals surface area contributed by atoms with E-state index in [9.17, 15) is 4.39 Å². The SMILES string of the molecule is COc1cc(Nc2ccc(N(C)C)cc2)c(F)cc1N. The topological polar surface area (TPSA) is 50.5 Å². The van der Waals surface area contributed by atoms with Crippen LogP contribution in [0.3, 0.4) is 0 Å². The van der Waals surface area contributed by atoms with Crippen LogP contribution >= 0.6 is 0 Å². The molecule has 0 atom stereocenters. The van der Waals surface area contributed by atoms with Crippen molar-refractivity contribution in [3.05, 3.63) is 42.2 Å². The minimum atomic E-state index is -0.417. The van der Waals surface area contributed by atoms with Crippen molar-refractivity contribution in [1.29, 1.82) is 0 Å². The molecule has 2 aromatic rings. The maximum Gasteiger partial charge on any atom is 0.148 e. The van der Waals surface area contributed by atoms with Gasteiger partial charge in [0, 0.05) is 37.6 Å². The molecule has 5 heteroatoms. The van der Waals surface area contributed by atoms with Crippen LogP contribution < -0.4 is 20.7 Å². The van der Waals surface area contributed by atoms with Crippen LogP contribution in [0.2, 0.25) is 0 Å². The number of benzene rings is 2. The maximum absolute atomic E-state index is 13.9. The fourth-order valence-electron chi connectivity index (χ4n) is 1.84. The zero-order valence-electron chi connectivity index (χ0n) is 11.8. The standard InChI is InChI=1S/C15H18FN3O/c1-19(2)11-6-4-10(5-7-11)18-14-9-15(20-3)13(17)8-12(14)16/h4-9,18H,17H2,1-3H3. The van der Waals surface area contributed by atoms with Crippen LogP contribution in [-0.2, 0) is 0 Å². The van der Waals surface area contributed by atoms with Crippen LogP contribution in [0.4, 0.5) is 27.1 Å². The van der Waals surface area contributed by atoms with Crippen molar-refractivity contribution in [2.24, 2.45) is 0 Å². The van der Waals surface area contributed by atoms with E-state index < -0.39 is 5.82 Å². The number of halogens is 1. The van der Waals surface area contributed by atoms with E-state index in [4.69, 9.17) is 10.5 Å². The maximum atomic E-state index is 13.9. The molecule has 0 aliphatic rings.